The number of nitrogens with one attached hydrogen (secondary N) is 2. The Bertz CT molecular complexity index is 678. The Kier molecular flexibility index (Phi) is 3.74. The molecule has 1 aromatic heterocycles. The molecule has 2 aromatic rings. The lowest BCUT2D eigenvalue weighted by Gasteiger charge is -2.06. The average Bonchev–Trinajstić information content (AvgIpc) is 2.79. The molecule has 1 unspecified atom stereocenters. The first-order chi connectivity index (χ1) is 9.38. The lowest BCUT2D eigenvalue weighted by Crippen LogP contribution is -2.31. The molecule has 20 heavy (non-hydrogen) atoms. The second-order valence-corrected chi connectivity index (χ2v) is 4.82. The van der Waals surface area contributed by atoms with Crippen LogP contribution < -0.4 is 5.32 Å². The summed E-state index contributed by atoms with van der Waals surface area (Å²) < 4.78 is 13.3. The van der Waals surface area contributed by atoms with E-state index in [1.54, 1.807) is 13.0 Å². The number of amides is 1. The van der Waals surface area contributed by atoms with Crippen molar-refractivity contribution in [2.45, 2.75) is 13.8 Å². The van der Waals surface area contributed by atoms with Crippen LogP contribution in [-0.4, -0.2) is 28.5 Å². The number of carbonyl (C=O) groups is 2. The van der Waals surface area contributed by atoms with Crippen LogP contribution in [0.15, 0.2) is 18.2 Å². The summed E-state index contributed by atoms with van der Waals surface area (Å²) in [4.78, 5) is 25.4. The van der Waals surface area contributed by atoms with Crippen molar-refractivity contribution in [1.82, 2.24) is 10.3 Å². The number of H-pyrrole nitrogens is 1. The van der Waals surface area contributed by atoms with Crippen LogP contribution in [0.1, 0.15) is 23.0 Å². The molecule has 3 N–H and O–H groups in total. The summed E-state index contributed by atoms with van der Waals surface area (Å²) in [7, 11) is 0. The number of carboxylic acid groups (broad SMARTS) is 1. The molecule has 0 saturated heterocycles. The zero-order valence-electron chi connectivity index (χ0n) is 11.2. The molecule has 1 atom stereocenters. The minimum Gasteiger partial charge on any atom is -0.481 e. The molecular formula is C14H15FN2O3. The van der Waals surface area contributed by atoms with E-state index in [0.717, 1.165) is 10.9 Å². The number of aliphatic carboxylic acids is 1. The summed E-state index contributed by atoms with van der Waals surface area (Å²) in [5.74, 6) is -2.42. The van der Waals surface area contributed by atoms with Gasteiger partial charge in [0, 0.05) is 17.4 Å². The van der Waals surface area contributed by atoms with Gasteiger partial charge < -0.3 is 15.4 Å². The third kappa shape index (κ3) is 2.79. The molecule has 5 nitrogen and oxygen atoms in total. The third-order valence-electron chi connectivity index (χ3n) is 3.14. The van der Waals surface area contributed by atoms with E-state index in [1.807, 2.05) is 0 Å². The van der Waals surface area contributed by atoms with Gasteiger partial charge in [-0.05, 0) is 30.7 Å². The van der Waals surface area contributed by atoms with Crippen molar-refractivity contribution in [3.8, 4) is 0 Å². The lowest BCUT2D eigenvalue weighted by molar-refractivity contribution is -0.140. The Labute approximate surface area is 114 Å². The molecule has 0 radical (unpaired) electrons. The number of fused-ring (bicyclic) bond motifs is 1. The number of rotatable bonds is 4. The van der Waals surface area contributed by atoms with Gasteiger partial charge in [-0.3, -0.25) is 9.59 Å². The first-order valence-electron chi connectivity index (χ1n) is 6.18. The van der Waals surface area contributed by atoms with E-state index in [1.165, 1.54) is 19.1 Å². The number of aromatic amines is 1. The third-order valence-corrected chi connectivity index (χ3v) is 3.14. The largest absolute Gasteiger partial charge is 0.481 e. The van der Waals surface area contributed by atoms with Crippen molar-refractivity contribution < 1.29 is 19.1 Å². The van der Waals surface area contributed by atoms with Crippen molar-refractivity contribution in [3.63, 3.8) is 0 Å². The summed E-state index contributed by atoms with van der Waals surface area (Å²) in [6.07, 6.45) is 0. The average molecular weight is 278 g/mol. The first-order valence-corrected chi connectivity index (χ1v) is 6.18. The van der Waals surface area contributed by atoms with Gasteiger partial charge >= 0.3 is 5.97 Å². The number of carbonyl (C=O) groups excluding carboxylic acids is 1. The van der Waals surface area contributed by atoms with Gasteiger partial charge in [-0.25, -0.2) is 4.39 Å². The quantitative estimate of drug-likeness (QED) is 0.800. The van der Waals surface area contributed by atoms with Crippen LogP contribution in [0.25, 0.3) is 10.9 Å². The van der Waals surface area contributed by atoms with E-state index >= 15 is 0 Å². The van der Waals surface area contributed by atoms with Crippen LogP contribution in [0.2, 0.25) is 0 Å². The predicted octanol–water partition coefficient (Wildman–Crippen LogP) is 2.07. The zero-order valence-corrected chi connectivity index (χ0v) is 11.2. The van der Waals surface area contributed by atoms with Crippen molar-refractivity contribution in [1.29, 1.82) is 0 Å². The number of benzene rings is 1. The van der Waals surface area contributed by atoms with Gasteiger partial charge in [0.05, 0.1) is 5.92 Å². The molecule has 1 aromatic carbocycles. The Balaban J connectivity index is 2.19. The molecule has 0 saturated carbocycles. The van der Waals surface area contributed by atoms with Crippen LogP contribution in [0.3, 0.4) is 0 Å². The number of aryl methyl sites for hydroxylation is 1. The van der Waals surface area contributed by atoms with Crippen LogP contribution in [0.5, 0.6) is 0 Å². The van der Waals surface area contributed by atoms with E-state index in [0.29, 0.717) is 5.52 Å². The fourth-order valence-corrected chi connectivity index (χ4v) is 1.93. The van der Waals surface area contributed by atoms with Crippen molar-refractivity contribution >= 4 is 22.8 Å². The normalized spacial score (nSPS) is 12.3. The first kappa shape index (κ1) is 14.0. The summed E-state index contributed by atoms with van der Waals surface area (Å²) in [6, 6.07) is 4.34. The fraction of sp³-hybridized carbons (Fsp3) is 0.286. The van der Waals surface area contributed by atoms with Crippen LogP contribution in [0.4, 0.5) is 4.39 Å². The monoisotopic (exact) mass is 278 g/mol. The lowest BCUT2D eigenvalue weighted by atomic mass is 10.1. The van der Waals surface area contributed by atoms with Crippen LogP contribution >= 0.6 is 0 Å². The predicted molar refractivity (Wildman–Crippen MR) is 72.1 cm³/mol. The highest BCUT2D eigenvalue weighted by Gasteiger charge is 2.15. The zero-order chi connectivity index (χ0) is 14.9. The number of halogens is 1. The van der Waals surface area contributed by atoms with Gasteiger partial charge in [0.2, 0.25) is 0 Å². The number of hydrogen-bond acceptors (Lipinski definition) is 2. The highest BCUT2D eigenvalue weighted by atomic mass is 19.1. The molecule has 0 aliphatic carbocycles. The van der Waals surface area contributed by atoms with E-state index in [-0.39, 0.29) is 18.1 Å². The van der Waals surface area contributed by atoms with Crippen LogP contribution in [0, 0.1) is 18.7 Å². The Hall–Kier alpha value is -2.37. The summed E-state index contributed by atoms with van der Waals surface area (Å²) in [6.45, 7) is 3.30. The van der Waals surface area contributed by atoms with Gasteiger partial charge in [0.1, 0.15) is 11.5 Å². The molecule has 0 aliphatic rings. The highest BCUT2D eigenvalue weighted by molar-refractivity contribution is 5.98. The van der Waals surface area contributed by atoms with Crippen LogP contribution in [-0.2, 0) is 4.79 Å². The minimum atomic E-state index is -0.972. The van der Waals surface area contributed by atoms with Crippen molar-refractivity contribution in [2.24, 2.45) is 5.92 Å². The highest BCUT2D eigenvalue weighted by Crippen LogP contribution is 2.21. The molecule has 1 amide bonds. The van der Waals surface area contributed by atoms with Gasteiger partial charge in [-0.15, -0.1) is 0 Å². The fourth-order valence-electron chi connectivity index (χ4n) is 1.93. The topological polar surface area (TPSA) is 82.2 Å². The number of carboxylic acids is 1. The summed E-state index contributed by atoms with van der Waals surface area (Å²) >= 11 is 0. The molecule has 0 bridgehead atoms. The maximum atomic E-state index is 13.3. The maximum absolute atomic E-state index is 13.3. The van der Waals surface area contributed by atoms with Crippen molar-refractivity contribution in [3.05, 3.63) is 35.3 Å². The molecule has 2 rings (SSSR count). The molecule has 0 aliphatic heterocycles. The molecular weight excluding hydrogens is 263 g/mol. The van der Waals surface area contributed by atoms with Gasteiger partial charge in [-0.1, -0.05) is 6.92 Å². The molecule has 0 spiro atoms. The van der Waals surface area contributed by atoms with E-state index in [4.69, 9.17) is 5.11 Å². The second-order valence-electron chi connectivity index (χ2n) is 4.82. The van der Waals surface area contributed by atoms with Crippen molar-refractivity contribution in [2.75, 3.05) is 6.54 Å². The number of aromatic nitrogens is 1. The molecule has 0 fully saturated rings. The Morgan fingerprint density at radius 3 is 2.75 bits per heavy atom. The second kappa shape index (κ2) is 5.32. The molecule has 106 valence electrons. The molecule has 6 heteroatoms. The van der Waals surface area contributed by atoms with E-state index in [2.05, 4.69) is 10.3 Å². The Morgan fingerprint density at radius 1 is 1.40 bits per heavy atom. The van der Waals surface area contributed by atoms with Gasteiger partial charge in [0.25, 0.3) is 5.91 Å². The SMILES string of the molecule is Cc1cc(F)cc2[nH]c(C(=O)NCC(C)C(=O)O)cc12. The minimum absolute atomic E-state index is 0.0386. The number of hydrogen-bond donors (Lipinski definition) is 3. The standard InChI is InChI=1S/C14H15FN2O3/c1-7-3-9(15)4-11-10(7)5-12(17-11)13(18)16-6-8(2)14(19)20/h3-5,8,17H,6H2,1-2H3,(H,16,18)(H,19,20). The van der Waals surface area contributed by atoms with E-state index in [9.17, 15) is 14.0 Å². The van der Waals surface area contributed by atoms with Gasteiger partial charge in [0.15, 0.2) is 0 Å². The smallest absolute Gasteiger partial charge is 0.308 e. The molecule has 1 heterocycles. The Morgan fingerprint density at radius 2 is 2.10 bits per heavy atom. The van der Waals surface area contributed by atoms with E-state index < -0.39 is 17.8 Å². The van der Waals surface area contributed by atoms with Gasteiger partial charge in [-0.2, -0.15) is 0 Å². The summed E-state index contributed by atoms with van der Waals surface area (Å²) in [5, 5.41) is 12.0. The summed E-state index contributed by atoms with van der Waals surface area (Å²) in [5.41, 5.74) is 1.56. The maximum Gasteiger partial charge on any atom is 0.308 e.